The number of fused-ring (bicyclic) bond motifs is 8. The summed E-state index contributed by atoms with van der Waals surface area (Å²) >= 11 is 0. The van der Waals surface area contributed by atoms with Crippen LogP contribution >= 0.6 is 0 Å². The van der Waals surface area contributed by atoms with E-state index in [1.807, 2.05) is 12.4 Å². The third kappa shape index (κ3) is 5.15. The van der Waals surface area contributed by atoms with Crippen LogP contribution in [0.15, 0.2) is 107 Å². The number of halogens is 6. The van der Waals surface area contributed by atoms with Crippen molar-refractivity contribution < 1.29 is 26.3 Å². The van der Waals surface area contributed by atoms with E-state index in [-0.39, 0.29) is 10.7 Å². The van der Waals surface area contributed by atoms with Crippen LogP contribution in [0.25, 0.3) is 87.9 Å². The first-order chi connectivity index (χ1) is 25.9. The minimum atomic E-state index is -4.47. The highest BCUT2D eigenvalue weighted by Gasteiger charge is 2.31. The molecule has 9 rings (SSSR count). The van der Waals surface area contributed by atoms with Crippen molar-refractivity contribution in [1.29, 1.82) is 10.5 Å². The standard InChI is InChI=1S/C40H16F6N8/c41-39(42,43)23-7-1-19(2-8-23)21-5-11-25-27(13-21)33(49-17-47)37-35(25)51-29-15-32-30(16-31(29)53-37)52-36-26-12-6-22(14-28(26)34(50-18-48)38(36)54-32)20-3-9-24(10-4-20)40(44,45)46/h1-16H/b49-33+,50-34+. The summed E-state index contributed by atoms with van der Waals surface area (Å²) in [6.07, 6.45) is -5.30. The molecule has 0 bridgehead atoms. The van der Waals surface area contributed by atoms with E-state index in [0.717, 1.165) is 24.3 Å². The average molecular weight is 723 g/mol. The van der Waals surface area contributed by atoms with E-state index < -0.39 is 23.5 Å². The Morgan fingerprint density at radius 2 is 0.741 bits per heavy atom. The number of nitrogens with zero attached hydrogens (tertiary/aromatic N) is 8. The predicted octanol–water partition coefficient (Wildman–Crippen LogP) is 9.20. The molecule has 0 aliphatic carbocycles. The molecule has 2 heterocycles. The van der Waals surface area contributed by atoms with Crippen LogP contribution in [0, 0.1) is 22.9 Å². The van der Waals surface area contributed by atoms with Crippen LogP contribution in [-0.2, 0) is 12.4 Å². The third-order valence-electron chi connectivity index (χ3n) is 9.37. The summed E-state index contributed by atoms with van der Waals surface area (Å²) in [6, 6.07) is 23.4. The van der Waals surface area contributed by atoms with E-state index >= 15 is 0 Å². The van der Waals surface area contributed by atoms with Gasteiger partial charge in [-0.2, -0.15) is 46.9 Å². The molecule has 7 aromatic carbocycles. The van der Waals surface area contributed by atoms with Crippen molar-refractivity contribution in [3.63, 3.8) is 0 Å². The minimum absolute atomic E-state index is 0.265. The Hall–Kier alpha value is -7.32. The minimum Gasteiger partial charge on any atom is -0.244 e. The van der Waals surface area contributed by atoms with Gasteiger partial charge in [0.2, 0.25) is 12.4 Å². The molecule has 8 nitrogen and oxygen atoms in total. The number of benzene rings is 5. The first-order valence-electron chi connectivity index (χ1n) is 16.0. The van der Waals surface area contributed by atoms with Crippen molar-refractivity contribution in [2.75, 3.05) is 0 Å². The van der Waals surface area contributed by atoms with Gasteiger partial charge in [-0.05, 0) is 70.8 Å². The Morgan fingerprint density at radius 3 is 1.07 bits per heavy atom. The van der Waals surface area contributed by atoms with Crippen LogP contribution in [0.3, 0.4) is 0 Å². The van der Waals surface area contributed by atoms with E-state index in [0.29, 0.717) is 87.9 Å². The number of rotatable bonds is 2. The van der Waals surface area contributed by atoms with Gasteiger partial charge in [0.1, 0.15) is 21.7 Å². The zero-order chi connectivity index (χ0) is 37.5. The summed E-state index contributed by atoms with van der Waals surface area (Å²) in [5.41, 5.74) is 4.13. The van der Waals surface area contributed by atoms with Crippen molar-refractivity contribution in [3.05, 3.63) is 119 Å². The first-order valence-corrected chi connectivity index (χ1v) is 16.0. The quantitative estimate of drug-likeness (QED) is 0.0996. The third-order valence-corrected chi connectivity index (χ3v) is 9.37. The van der Waals surface area contributed by atoms with E-state index in [4.69, 9.17) is 19.9 Å². The average Bonchev–Trinajstić information content (AvgIpc) is 3.61. The Bertz CT molecular complexity index is 3030. The van der Waals surface area contributed by atoms with Gasteiger partial charge in [-0.15, -0.1) is 0 Å². The Kier molecular flexibility index (Phi) is 7.00. The molecule has 0 atom stereocenters. The molecule has 0 saturated heterocycles. The van der Waals surface area contributed by atoms with E-state index in [1.165, 1.54) is 24.3 Å². The van der Waals surface area contributed by atoms with Gasteiger partial charge in [0.05, 0.1) is 44.2 Å². The number of nitriles is 2. The van der Waals surface area contributed by atoms with Crippen molar-refractivity contribution in [2.24, 2.45) is 9.98 Å². The highest BCUT2D eigenvalue weighted by Crippen LogP contribution is 2.35. The van der Waals surface area contributed by atoms with Gasteiger partial charge in [0, 0.05) is 21.5 Å². The number of alkyl halides is 6. The van der Waals surface area contributed by atoms with Gasteiger partial charge >= 0.3 is 12.4 Å². The Labute approximate surface area is 298 Å². The fourth-order valence-electron chi connectivity index (χ4n) is 6.85. The second-order valence-corrected chi connectivity index (χ2v) is 12.5. The molecule has 54 heavy (non-hydrogen) atoms. The van der Waals surface area contributed by atoms with Crippen LogP contribution in [0.5, 0.6) is 0 Å². The molecule has 0 saturated carbocycles. The maximum atomic E-state index is 13.2. The van der Waals surface area contributed by atoms with Gasteiger partial charge in [-0.25, -0.2) is 19.9 Å². The number of aromatic nitrogens is 4. The first kappa shape index (κ1) is 32.6. The highest BCUT2D eigenvalue weighted by molar-refractivity contribution is 6.13. The lowest BCUT2D eigenvalue weighted by Gasteiger charge is -2.08. The molecule has 0 fully saturated rings. The molecule has 0 aliphatic rings. The zero-order valence-electron chi connectivity index (χ0n) is 27.1. The summed E-state index contributed by atoms with van der Waals surface area (Å²) in [4.78, 5) is 27.5. The monoisotopic (exact) mass is 722 g/mol. The van der Waals surface area contributed by atoms with Crippen LogP contribution in [0.1, 0.15) is 11.1 Å². The van der Waals surface area contributed by atoms with E-state index in [1.54, 1.807) is 48.5 Å². The Balaban J connectivity index is 1.21. The molecule has 0 spiro atoms. The second-order valence-electron chi connectivity index (χ2n) is 12.5. The zero-order valence-corrected chi connectivity index (χ0v) is 27.1. The molecule has 0 radical (unpaired) electrons. The topological polar surface area (TPSA) is 124 Å². The SMILES string of the molecule is N#C/N=c1\c2cc(-c3ccc(C(F)(F)F)cc3)ccc2c2nc3cc4nc5/c(=N/C#N)c6cc(-c7ccc(C(F)(F)F)cc7)ccc6c5nc4cc3nc12. The van der Waals surface area contributed by atoms with Gasteiger partial charge in [-0.3, -0.25) is 0 Å². The van der Waals surface area contributed by atoms with Crippen molar-refractivity contribution in [2.45, 2.75) is 12.4 Å². The lowest BCUT2D eigenvalue weighted by molar-refractivity contribution is -0.138. The van der Waals surface area contributed by atoms with Crippen LogP contribution in [0.2, 0.25) is 0 Å². The van der Waals surface area contributed by atoms with Crippen LogP contribution in [-0.4, -0.2) is 19.9 Å². The van der Waals surface area contributed by atoms with Gasteiger partial charge in [0.15, 0.2) is 0 Å². The summed E-state index contributed by atoms with van der Waals surface area (Å²) < 4.78 is 79.0. The molecule has 258 valence electrons. The lowest BCUT2D eigenvalue weighted by atomic mass is 10.0. The lowest BCUT2D eigenvalue weighted by Crippen LogP contribution is -2.04. The molecule has 14 heteroatoms. The van der Waals surface area contributed by atoms with Gasteiger partial charge in [-0.1, -0.05) is 48.5 Å². The predicted molar refractivity (Wildman–Crippen MR) is 188 cm³/mol. The summed E-state index contributed by atoms with van der Waals surface area (Å²) in [6.45, 7) is 0. The largest absolute Gasteiger partial charge is 0.416 e. The molecule has 9 aromatic rings. The van der Waals surface area contributed by atoms with Crippen LogP contribution < -0.4 is 10.7 Å². The molecule has 2 aromatic heterocycles. The Morgan fingerprint density at radius 1 is 0.407 bits per heavy atom. The van der Waals surface area contributed by atoms with E-state index in [2.05, 4.69) is 9.98 Å². The summed E-state index contributed by atoms with van der Waals surface area (Å²) in [7, 11) is 0. The van der Waals surface area contributed by atoms with Gasteiger partial charge < -0.3 is 0 Å². The molecule has 0 unspecified atom stereocenters. The summed E-state index contributed by atoms with van der Waals surface area (Å²) in [5, 5.41) is 22.1. The maximum Gasteiger partial charge on any atom is 0.416 e. The molecular formula is C40H16F6N8. The van der Waals surface area contributed by atoms with Crippen LogP contribution in [0.4, 0.5) is 26.3 Å². The van der Waals surface area contributed by atoms with Crippen molar-refractivity contribution >= 4 is 65.7 Å². The summed E-state index contributed by atoms with van der Waals surface area (Å²) in [5.74, 6) is 0. The smallest absolute Gasteiger partial charge is 0.244 e. The molecule has 0 N–H and O–H groups in total. The van der Waals surface area contributed by atoms with Crippen molar-refractivity contribution in [1.82, 2.24) is 19.9 Å². The fraction of sp³-hybridized carbons (Fsp3) is 0.0500. The van der Waals surface area contributed by atoms with Gasteiger partial charge in [0.25, 0.3) is 0 Å². The second kappa shape index (κ2) is 11.6. The number of hydrogen-bond acceptors (Lipinski definition) is 8. The van der Waals surface area contributed by atoms with Crippen molar-refractivity contribution in [3.8, 4) is 34.6 Å². The fourth-order valence-corrected chi connectivity index (χ4v) is 6.85. The molecular weight excluding hydrogens is 706 g/mol. The highest BCUT2D eigenvalue weighted by atomic mass is 19.4. The molecule has 0 amide bonds. The van der Waals surface area contributed by atoms with E-state index in [9.17, 15) is 36.9 Å². The maximum absolute atomic E-state index is 13.2. The normalized spacial score (nSPS) is 13.2. The molecule has 0 aliphatic heterocycles. The number of hydrogen-bond donors (Lipinski definition) is 0.